The molecule has 0 aliphatic carbocycles. The number of methoxy groups -OCH3 is 1. The Balaban J connectivity index is 1.63. The summed E-state index contributed by atoms with van der Waals surface area (Å²) in [6, 6.07) is 14.7. The molecule has 1 aromatic carbocycles. The lowest BCUT2D eigenvalue weighted by Gasteiger charge is -2.41. The molecule has 7 nitrogen and oxygen atoms in total. The molecule has 0 unspecified atom stereocenters. The van der Waals surface area contributed by atoms with Gasteiger partial charge >= 0.3 is 0 Å². The number of carbonyl (C=O) groups excluding carboxylic acids is 2. The summed E-state index contributed by atoms with van der Waals surface area (Å²) in [4.78, 5) is 38.7. The van der Waals surface area contributed by atoms with Crippen LogP contribution in [0, 0.1) is 0 Å². The summed E-state index contributed by atoms with van der Waals surface area (Å²) in [7, 11) is 1.52. The standard InChI is InChI=1S/C26H28N4O3/c1-3-12-29-13-14-30(25(31)21-9-11-28-24(17-21)33-2)23(26(29)32)16-19-6-4-7-20(15-19)22-8-5-10-27-18-22/h4-11,15,17-18,23H,3,12-14,16H2,1-2H3/t23-/m0/s1. The molecule has 0 saturated carbocycles. The van der Waals surface area contributed by atoms with E-state index in [0.717, 1.165) is 23.1 Å². The van der Waals surface area contributed by atoms with E-state index >= 15 is 0 Å². The average Bonchev–Trinajstić information content (AvgIpc) is 2.87. The molecule has 170 valence electrons. The maximum absolute atomic E-state index is 13.4. The minimum atomic E-state index is -0.568. The third-order valence-electron chi connectivity index (χ3n) is 5.88. The molecule has 4 rings (SSSR count). The molecule has 0 bridgehead atoms. The maximum Gasteiger partial charge on any atom is 0.254 e. The van der Waals surface area contributed by atoms with Crippen molar-refractivity contribution >= 4 is 11.8 Å². The molecular weight excluding hydrogens is 416 g/mol. The van der Waals surface area contributed by atoms with Crippen LogP contribution in [0.25, 0.3) is 11.1 Å². The van der Waals surface area contributed by atoms with Crippen LogP contribution in [-0.2, 0) is 11.2 Å². The lowest BCUT2D eigenvalue weighted by atomic mass is 9.97. The molecule has 2 amide bonds. The molecule has 1 saturated heterocycles. The molecule has 33 heavy (non-hydrogen) atoms. The zero-order valence-corrected chi connectivity index (χ0v) is 19.0. The molecule has 1 aliphatic heterocycles. The Kier molecular flexibility index (Phi) is 6.98. The first-order valence-electron chi connectivity index (χ1n) is 11.2. The first-order valence-corrected chi connectivity index (χ1v) is 11.2. The Bertz CT molecular complexity index is 1120. The van der Waals surface area contributed by atoms with Gasteiger partial charge in [-0.25, -0.2) is 4.98 Å². The van der Waals surface area contributed by atoms with Gasteiger partial charge in [0.05, 0.1) is 7.11 Å². The summed E-state index contributed by atoms with van der Waals surface area (Å²) in [5, 5.41) is 0. The van der Waals surface area contributed by atoms with Gasteiger partial charge in [0.2, 0.25) is 11.8 Å². The highest BCUT2D eigenvalue weighted by molar-refractivity contribution is 5.98. The molecule has 3 heterocycles. The smallest absolute Gasteiger partial charge is 0.254 e. The molecular formula is C26H28N4O3. The number of carbonyl (C=O) groups is 2. The molecule has 1 aliphatic rings. The predicted octanol–water partition coefficient (Wildman–Crippen LogP) is 3.46. The SMILES string of the molecule is CCCN1CCN(C(=O)c2ccnc(OC)c2)[C@@H](Cc2cccc(-c3cccnc3)c2)C1=O. The van der Waals surface area contributed by atoms with Crippen LogP contribution in [0.15, 0.2) is 67.1 Å². The number of pyridine rings is 2. The molecule has 7 heteroatoms. The van der Waals surface area contributed by atoms with Crippen molar-refractivity contribution in [3.8, 4) is 17.0 Å². The summed E-state index contributed by atoms with van der Waals surface area (Å²) < 4.78 is 5.18. The minimum absolute atomic E-state index is 0.00995. The molecule has 0 N–H and O–H groups in total. The van der Waals surface area contributed by atoms with Crippen LogP contribution < -0.4 is 4.74 Å². The third-order valence-corrected chi connectivity index (χ3v) is 5.88. The number of nitrogens with zero attached hydrogens (tertiary/aromatic N) is 4. The van der Waals surface area contributed by atoms with E-state index in [9.17, 15) is 9.59 Å². The normalized spacial score (nSPS) is 16.1. The fourth-order valence-electron chi connectivity index (χ4n) is 4.23. The molecule has 2 aromatic heterocycles. The van der Waals surface area contributed by atoms with Crippen molar-refractivity contribution in [3.63, 3.8) is 0 Å². The van der Waals surface area contributed by atoms with E-state index in [0.29, 0.717) is 37.5 Å². The second-order valence-corrected chi connectivity index (χ2v) is 8.07. The summed E-state index contributed by atoms with van der Waals surface area (Å²) in [6.07, 6.45) is 6.44. The summed E-state index contributed by atoms with van der Waals surface area (Å²) >= 11 is 0. The number of hydrogen-bond donors (Lipinski definition) is 0. The Morgan fingerprint density at radius 2 is 1.94 bits per heavy atom. The number of benzene rings is 1. The van der Waals surface area contributed by atoms with Gasteiger partial charge in [0.25, 0.3) is 5.91 Å². The lowest BCUT2D eigenvalue weighted by Crippen LogP contribution is -2.59. The fraction of sp³-hybridized carbons (Fsp3) is 0.308. The molecule has 1 fully saturated rings. The van der Waals surface area contributed by atoms with Gasteiger partial charge in [0.1, 0.15) is 6.04 Å². The fourth-order valence-corrected chi connectivity index (χ4v) is 4.23. The molecule has 0 radical (unpaired) electrons. The van der Waals surface area contributed by atoms with Crippen molar-refractivity contribution < 1.29 is 14.3 Å². The van der Waals surface area contributed by atoms with E-state index in [1.54, 1.807) is 29.4 Å². The lowest BCUT2D eigenvalue weighted by molar-refractivity contribution is -0.140. The van der Waals surface area contributed by atoms with Crippen LogP contribution in [-0.4, -0.2) is 64.4 Å². The van der Waals surface area contributed by atoms with Crippen LogP contribution in [0.3, 0.4) is 0 Å². The highest BCUT2D eigenvalue weighted by atomic mass is 16.5. The van der Waals surface area contributed by atoms with Crippen molar-refractivity contribution in [2.45, 2.75) is 25.8 Å². The minimum Gasteiger partial charge on any atom is -0.481 e. The number of hydrogen-bond acceptors (Lipinski definition) is 5. The third kappa shape index (κ3) is 5.03. The Morgan fingerprint density at radius 1 is 1.09 bits per heavy atom. The van der Waals surface area contributed by atoms with Crippen LogP contribution >= 0.6 is 0 Å². The highest BCUT2D eigenvalue weighted by Crippen LogP contribution is 2.24. The van der Waals surface area contributed by atoms with Crippen molar-refractivity contribution in [2.24, 2.45) is 0 Å². The monoisotopic (exact) mass is 444 g/mol. The highest BCUT2D eigenvalue weighted by Gasteiger charge is 2.37. The van der Waals surface area contributed by atoms with Gasteiger partial charge in [-0.15, -0.1) is 0 Å². The van der Waals surface area contributed by atoms with E-state index < -0.39 is 6.04 Å². The van der Waals surface area contributed by atoms with Gasteiger partial charge in [-0.1, -0.05) is 37.3 Å². The topological polar surface area (TPSA) is 75.6 Å². The van der Waals surface area contributed by atoms with Gasteiger partial charge in [0, 0.05) is 56.3 Å². The number of aromatic nitrogens is 2. The first kappa shape index (κ1) is 22.5. The summed E-state index contributed by atoms with van der Waals surface area (Å²) in [6.45, 7) is 3.77. The molecule has 1 atom stereocenters. The predicted molar refractivity (Wildman–Crippen MR) is 126 cm³/mol. The van der Waals surface area contributed by atoms with E-state index in [-0.39, 0.29) is 11.8 Å². The number of ether oxygens (including phenoxy) is 1. The Hall–Kier alpha value is -3.74. The zero-order valence-electron chi connectivity index (χ0n) is 19.0. The zero-order chi connectivity index (χ0) is 23.2. The van der Waals surface area contributed by atoms with Crippen molar-refractivity contribution in [2.75, 3.05) is 26.7 Å². The van der Waals surface area contributed by atoms with E-state index in [4.69, 9.17) is 4.74 Å². The quantitative estimate of drug-likeness (QED) is 0.558. The Labute approximate surface area is 194 Å². The first-order chi connectivity index (χ1) is 16.1. The van der Waals surface area contributed by atoms with Crippen molar-refractivity contribution in [3.05, 3.63) is 78.2 Å². The van der Waals surface area contributed by atoms with Crippen LogP contribution in [0.1, 0.15) is 29.3 Å². The molecule has 3 aromatic rings. The second kappa shape index (κ2) is 10.3. The van der Waals surface area contributed by atoms with E-state index in [1.165, 1.54) is 7.11 Å². The number of rotatable bonds is 7. The molecule has 0 spiro atoms. The van der Waals surface area contributed by atoms with Crippen LogP contribution in [0.4, 0.5) is 0 Å². The summed E-state index contributed by atoms with van der Waals surface area (Å²) in [5.41, 5.74) is 3.51. The van der Waals surface area contributed by atoms with Crippen LogP contribution in [0.5, 0.6) is 5.88 Å². The van der Waals surface area contributed by atoms with Gasteiger partial charge in [-0.2, -0.15) is 0 Å². The van der Waals surface area contributed by atoms with Gasteiger partial charge < -0.3 is 14.5 Å². The second-order valence-electron chi connectivity index (χ2n) is 8.07. The number of amides is 2. The largest absolute Gasteiger partial charge is 0.481 e. The average molecular weight is 445 g/mol. The van der Waals surface area contributed by atoms with Gasteiger partial charge in [-0.3, -0.25) is 14.6 Å². The van der Waals surface area contributed by atoms with Gasteiger partial charge in [-0.05, 0) is 35.2 Å². The van der Waals surface area contributed by atoms with E-state index in [2.05, 4.69) is 23.0 Å². The number of piperazine rings is 1. The van der Waals surface area contributed by atoms with Crippen LogP contribution in [0.2, 0.25) is 0 Å². The van der Waals surface area contributed by atoms with Crippen molar-refractivity contribution in [1.82, 2.24) is 19.8 Å². The summed E-state index contributed by atoms with van der Waals surface area (Å²) in [5.74, 6) is 0.176. The van der Waals surface area contributed by atoms with Gasteiger partial charge in [0.15, 0.2) is 0 Å². The Morgan fingerprint density at radius 3 is 2.70 bits per heavy atom. The maximum atomic E-state index is 13.4. The van der Waals surface area contributed by atoms with E-state index in [1.807, 2.05) is 41.4 Å². The van der Waals surface area contributed by atoms with Crippen molar-refractivity contribution in [1.29, 1.82) is 0 Å².